The van der Waals surface area contributed by atoms with Crippen molar-refractivity contribution in [2.75, 3.05) is 19.9 Å². The molecule has 2 aromatic rings. The summed E-state index contributed by atoms with van der Waals surface area (Å²) in [6.07, 6.45) is 3.71. The molecule has 0 aliphatic rings. The summed E-state index contributed by atoms with van der Waals surface area (Å²) in [5.41, 5.74) is 0.0217. The van der Waals surface area contributed by atoms with E-state index in [0.29, 0.717) is 30.3 Å². The molecule has 0 aliphatic carbocycles. The van der Waals surface area contributed by atoms with Crippen LogP contribution in [0.25, 0.3) is 11.3 Å². The van der Waals surface area contributed by atoms with Crippen molar-refractivity contribution in [3.05, 3.63) is 35.6 Å². The number of phenols is 1. The second-order valence-electron chi connectivity index (χ2n) is 8.97. The zero-order valence-electron chi connectivity index (χ0n) is 23.4. The molecule has 12 heteroatoms. The highest BCUT2D eigenvalue weighted by Gasteiger charge is 2.30. The van der Waals surface area contributed by atoms with Gasteiger partial charge in [-0.2, -0.15) is 0 Å². The first kappa shape index (κ1) is 32.2. The number of amides is 3. The van der Waals surface area contributed by atoms with E-state index >= 15 is 0 Å². The number of furan rings is 1. The number of carbonyl (C=O) groups excluding carboxylic acids is 4. The first-order chi connectivity index (χ1) is 19.2. The zero-order valence-corrected chi connectivity index (χ0v) is 23.4. The van der Waals surface area contributed by atoms with Gasteiger partial charge in [0.25, 0.3) is 5.91 Å². The van der Waals surface area contributed by atoms with Crippen LogP contribution in [-0.2, 0) is 14.3 Å². The predicted molar refractivity (Wildman–Crippen MR) is 145 cm³/mol. The van der Waals surface area contributed by atoms with Gasteiger partial charge in [-0.05, 0) is 51.0 Å². The SMILES string of the molecule is CCCCC[C@@H](C(=O)NCNC(=O)c1ccc(-c2cc(OCC)cc(C(=O)OCC)c2O)o1)[C@@H](CC)N(O)C=O. The van der Waals surface area contributed by atoms with Gasteiger partial charge in [0.1, 0.15) is 22.8 Å². The van der Waals surface area contributed by atoms with Gasteiger partial charge in [0.15, 0.2) is 5.76 Å². The molecule has 0 unspecified atom stereocenters. The second-order valence-corrected chi connectivity index (χ2v) is 8.97. The molecule has 2 rings (SSSR count). The highest BCUT2D eigenvalue weighted by atomic mass is 16.5. The molecule has 0 aliphatic heterocycles. The first-order valence-electron chi connectivity index (χ1n) is 13.5. The molecule has 1 heterocycles. The second kappa shape index (κ2) is 16.1. The molecule has 3 amide bonds. The van der Waals surface area contributed by atoms with Crippen LogP contribution < -0.4 is 15.4 Å². The lowest BCUT2D eigenvalue weighted by atomic mass is 9.90. The van der Waals surface area contributed by atoms with Crippen LogP contribution in [-0.4, -0.2) is 65.5 Å². The minimum absolute atomic E-state index is 0.100. The van der Waals surface area contributed by atoms with Gasteiger partial charge in [0, 0.05) is 0 Å². The molecular weight excluding hydrogens is 522 g/mol. The van der Waals surface area contributed by atoms with Gasteiger partial charge in [-0.25, -0.2) is 9.86 Å². The van der Waals surface area contributed by atoms with Gasteiger partial charge in [0.2, 0.25) is 12.3 Å². The normalized spacial score (nSPS) is 12.2. The summed E-state index contributed by atoms with van der Waals surface area (Å²) in [4.78, 5) is 49.0. The summed E-state index contributed by atoms with van der Waals surface area (Å²) in [5.74, 6) is -2.51. The van der Waals surface area contributed by atoms with Crippen molar-refractivity contribution in [1.82, 2.24) is 15.7 Å². The van der Waals surface area contributed by atoms with E-state index in [-0.39, 0.29) is 48.1 Å². The molecule has 0 bridgehead atoms. The van der Waals surface area contributed by atoms with Crippen LogP contribution in [0.1, 0.15) is 80.7 Å². The van der Waals surface area contributed by atoms with Gasteiger partial charge < -0.3 is 29.6 Å². The van der Waals surface area contributed by atoms with Crippen molar-refractivity contribution in [1.29, 1.82) is 0 Å². The Hall–Kier alpha value is -4.06. The van der Waals surface area contributed by atoms with Crippen molar-refractivity contribution >= 4 is 24.2 Å². The number of ether oxygens (including phenoxy) is 2. The number of hydrogen-bond donors (Lipinski definition) is 4. The van der Waals surface area contributed by atoms with Crippen molar-refractivity contribution in [2.45, 2.75) is 65.8 Å². The molecule has 0 spiro atoms. The van der Waals surface area contributed by atoms with Crippen LogP contribution in [0, 0.1) is 5.92 Å². The van der Waals surface area contributed by atoms with E-state index in [0.717, 1.165) is 19.3 Å². The lowest BCUT2D eigenvalue weighted by molar-refractivity contribution is -0.168. The molecule has 4 N–H and O–H groups in total. The highest BCUT2D eigenvalue weighted by molar-refractivity contribution is 5.96. The maximum Gasteiger partial charge on any atom is 0.342 e. The van der Waals surface area contributed by atoms with Crippen LogP contribution >= 0.6 is 0 Å². The molecule has 12 nitrogen and oxygen atoms in total. The fourth-order valence-electron chi connectivity index (χ4n) is 4.29. The number of nitrogens with zero attached hydrogens (tertiary/aromatic N) is 1. The molecule has 0 radical (unpaired) electrons. The van der Waals surface area contributed by atoms with Crippen LogP contribution in [0.3, 0.4) is 0 Å². The van der Waals surface area contributed by atoms with E-state index in [2.05, 4.69) is 10.6 Å². The van der Waals surface area contributed by atoms with Gasteiger partial charge in [0.05, 0.1) is 37.4 Å². The standard InChI is InChI=1S/C28H39N3O9/c1-5-9-10-11-19(22(6-2)31(37)17-32)26(34)29-16-30-27(35)24-13-12-23(40-24)20-14-18(38-7-3)15-21(25(20)33)28(36)39-8-4/h12-15,17,19,22,33,37H,5-11,16H2,1-4H3,(H,29,34)(H,30,35)/t19-,22-/m1/s1. The molecule has 2 atom stereocenters. The number of benzene rings is 1. The van der Waals surface area contributed by atoms with Crippen molar-refractivity contribution < 1.29 is 43.4 Å². The topological polar surface area (TPSA) is 168 Å². The zero-order chi connectivity index (χ0) is 29.7. The summed E-state index contributed by atoms with van der Waals surface area (Å²) >= 11 is 0. The Kier molecular flexibility index (Phi) is 13.0. The number of hydrogen-bond acceptors (Lipinski definition) is 9. The third kappa shape index (κ3) is 8.47. The first-order valence-corrected chi connectivity index (χ1v) is 13.5. The van der Waals surface area contributed by atoms with E-state index < -0.39 is 29.7 Å². The Morgan fingerprint density at radius 1 is 1.07 bits per heavy atom. The smallest absolute Gasteiger partial charge is 0.342 e. The number of aromatic hydroxyl groups is 1. The lowest BCUT2D eigenvalue weighted by Gasteiger charge is -2.29. The molecular formula is C28H39N3O9. The van der Waals surface area contributed by atoms with E-state index in [9.17, 15) is 29.5 Å². The maximum absolute atomic E-state index is 12.9. The van der Waals surface area contributed by atoms with Gasteiger partial charge >= 0.3 is 5.97 Å². The molecule has 1 aromatic carbocycles. The molecule has 0 fully saturated rings. The minimum atomic E-state index is -0.737. The summed E-state index contributed by atoms with van der Waals surface area (Å²) in [5, 5.41) is 26.4. The molecule has 0 saturated heterocycles. The quantitative estimate of drug-likeness (QED) is 0.0560. The lowest BCUT2D eigenvalue weighted by Crippen LogP contribution is -2.47. The summed E-state index contributed by atoms with van der Waals surface area (Å²) in [6.45, 7) is 7.41. The summed E-state index contributed by atoms with van der Waals surface area (Å²) in [6, 6.07) is 4.99. The number of rotatable bonds is 17. The van der Waals surface area contributed by atoms with Crippen molar-refractivity contribution in [2.24, 2.45) is 5.92 Å². The average molecular weight is 562 g/mol. The van der Waals surface area contributed by atoms with Crippen molar-refractivity contribution in [3.8, 4) is 22.8 Å². The molecule has 0 saturated carbocycles. The van der Waals surface area contributed by atoms with Crippen LogP contribution in [0.4, 0.5) is 0 Å². The Labute approximate surface area is 233 Å². The third-order valence-electron chi connectivity index (χ3n) is 6.28. The van der Waals surface area contributed by atoms with E-state index in [1.165, 1.54) is 24.3 Å². The van der Waals surface area contributed by atoms with E-state index in [1.807, 2.05) is 6.92 Å². The monoisotopic (exact) mass is 561 g/mol. The Morgan fingerprint density at radius 3 is 2.45 bits per heavy atom. The predicted octanol–water partition coefficient (Wildman–Crippen LogP) is 3.85. The third-order valence-corrected chi connectivity index (χ3v) is 6.28. The summed E-state index contributed by atoms with van der Waals surface area (Å²) in [7, 11) is 0. The van der Waals surface area contributed by atoms with Crippen LogP contribution in [0.2, 0.25) is 0 Å². The Bertz CT molecular complexity index is 1150. The summed E-state index contributed by atoms with van der Waals surface area (Å²) < 4.78 is 16.1. The van der Waals surface area contributed by atoms with Gasteiger partial charge in [-0.1, -0.05) is 33.1 Å². The number of nitrogens with one attached hydrogen (secondary N) is 2. The van der Waals surface area contributed by atoms with Crippen molar-refractivity contribution in [3.63, 3.8) is 0 Å². The molecule has 220 valence electrons. The largest absolute Gasteiger partial charge is 0.506 e. The number of hydroxylamine groups is 2. The Morgan fingerprint density at radius 2 is 1.82 bits per heavy atom. The van der Waals surface area contributed by atoms with Crippen LogP contribution in [0.5, 0.6) is 11.5 Å². The Balaban J connectivity index is 2.14. The minimum Gasteiger partial charge on any atom is -0.506 e. The maximum atomic E-state index is 12.9. The highest BCUT2D eigenvalue weighted by Crippen LogP contribution is 2.37. The van der Waals surface area contributed by atoms with E-state index in [1.54, 1.807) is 20.8 Å². The van der Waals surface area contributed by atoms with Gasteiger partial charge in [-0.3, -0.25) is 19.6 Å². The number of unbranched alkanes of at least 4 members (excludes halogenated alkanes) is 2. The number of esters is 1. The fourth-order valence-corrected chi connectivity index (χ4v) is 4.29. The van der Waals surface area contributed by atoms with Crippen LogP contribution in [0.15, 0.2) is 28.7 Å². The van der Waals surface area contributed by atoms with E-state index in [4.69, 9.17) is 13.9 Å². The number of carbonyl (C=O) groups is 4. The van der Waals surface area contributed by atoms with Gasteiger partial charge in [-0.15, -0.1) is 0 Å². The molecule has 40 heavy (non-hydrogen) atoms. The fraction of sp³-hybridized carbons (Fsp3) is 0.500. The molecule has 1 aromatic heterocycles. The number of phenolic OH excluding ortho intramolecular Hbond substituents is 1. The average Bonchev–Trinajstić information content (AvgIpc) is 3.43.